The van der Waals surface area contributed by atoms with Crippen LogP contribution in [-0.2, 0) is 23.1 Å². The van der Waals surface area contributed by atoms with E-state index in [4.69, 9.17) is 9.47 Å². The van der Waals surface area contributed by atoms with E-state index in [-0.39, 0.29) is 11.7 Å². The van der Waals surface area contributed by atoms with Crippen LogP contribution >= 0.6 is 0 Å². The molecule has 1 aliphatic rings. The average molecular weight is 323 g/mol. The summed E-state index contributed by atoms with van der Waals surface area (Å²) < 4.78 is 13.5. The highest BCUT2D eigenvalue weighted by Gasteiger charge is 2.41. The molecule has 23 heavy (non-hydrogen) atoms. The van der Waals surface area contributed by atoms with Crippen LogP contribution in [0.25, 0.3) is 0 Å². The minimum atomic E-state index is -0.471. The zero-order chi connectivity index (χ0) is 17.3. The number of hydrogen-bond acceptors (Lipinski definition) is 4. The Balaban J connectivity index is 1.97. The van der Waals surface area contributed by atoms with Gasteiger partial charge in [0.2, 0.25) is 0 Å². The minimum absolute atomic E-state index is 0.257. The normalized spacial score (nSPS) is 21.7. The van der Waals surface area contributed by atoms with Crippen LogP contribution in [-0.4, -0.2) is 45.1 Å². The monoisotopic (exact) mass is 323 g/mol. The molecule has 0 N–H and O–H groups in total. The molecule has 1 aliphatic heterocycles. The zero-order valence-corrected chi connectivity index (χ0v) is 15.2. The number of nitrogens with zero attached hydrogens (tertiary/aromatic N) is 3. The number of amides is 1. The number of likely N-dealkylation sites (tertiary alicyclic amines) is 1. The third-order valence-electron chi connectivity index (χ3n) is 4.24. The lowest BCUT2D eigenvalue weighted by Gasteiger charge is -2.29. The Morgan fingerprint density at radius 1 is 1.43 bits per heavy atom. The van der Waals surface area contributed by atoms with E-state index in [1.165, 1.54) is 0 Å². The van der Waals surface area contributed by atoms with E-state index in [1.807, 2.05) is 45.5 Å². The molecule has 0 aromatic carbocycles. The van der Waals surface area contributed by atoms with Crippen LogP contribution < -0.4 is 0 Å². The van der Waals surface area contributed by atoms with E-state index in [2.05, 4.69) is 12.0 Å². The maximum absolute atomic E-state index is 12.2. The SMILES string of the molecule is CCC1(OCc2cc(C)nn2C)CCN(C(=O)OC(C)(C)C)C1. The molecule has 1 amide bonds. The summed E-state index contributed by atoms with van der Waals surface area (Å²) in [5.41, 5.74) is 1.26. The van der Waals surface area contributed by atoms with Crippen LogP contribution in [0.15, 0.2) is 6.07 Å². The highest BCUT2D eigenvalue weighted by molar-refractivity contribution is 5.68. The van der Waals surface area contributed by atoms with Crippen molar-refractivity contribution in [2.24, 2.45) is 7.05 Å². The van der Waals surface area contributed by atoms with Crippen molar-refractivity contribution < 1.29 is 14.3 Å². The van der Waals surface area contributed by atoms with Crippen LogP contribution in [0.3, 0.4) is 0 Å². The molecule has 1 atom stereocenters. The number of carbonyl (C=O) groups is 1. The van der Waals surface area contributed by atoms with Crippen LogP contribution in [0.5, 0.6) is 0 Å². The molecule has 0 aliphatic carbocycles. The zero-order valence-electron chi connectivity index (χ0n) is 15.2. The first-order valence-corrected chi connectivity index (χ1v) is 8.25. The summed E-state index contributed by atoms with van der Waals surface area (Å²) in [6.07, 6.45) is 1.44. The Bertz CT molecular complexity index is 562. The summed E-state index contributed by atoms with van der Waals surface area (Å²) >= 11 is 0. The van der Waals surface area contributed by atoms with Crippen LogP contribution in [0.4, 0.5) is 4.79 Å². The molecule has 2 rings (SSSR count). The van der Waals surface area contributed by atoms with Crippen LogP contribution in [0.2, 0.25) is 0 Å². The Kier molecular flexibility index (Phi) is 5.04. The predicted molar refractivity (Wildman–Crippen MR) is 88.2 cm³/mol. The van der Waals surface area contributed by atoms with Gasteiger partial charge in [-0.25, -0.2) is 4.79 Å². The second-order valence-electron chi connectivity index (χ2n) is 7.38. The molecule has 1 aromatic rings. The van der Waals surface area contributed by atoms with Crippen molar-refractivity contribution in [1.82, 2.24) is 14.7 Å². The quantitative estimate of drug-likeness (QED) is 0.854. The molecule has 1 unspecified atom stereocenters. The van der Waals surface area contributed by atoms with E-state index < -0.39 is 5.60 Å². The summed E-state index contributed by atoms with van der Waals surface area (Å²) in [6.45, 7) is 11.5. The topological polar surface area (TPSA) is 56.6 Å². The van der Waals surface area contributed by atoms with Gasteiger partial charge in [-0.05, 0) is 46.6 Å². The van der Waals surface area contributed by atoms with E-state index in [0.717, 1.165) is 24.2 Å². The summed E-state index contributed by atoms with van der Waals surface area (Å²) in [6, 6.07) is 2.03. The number of carbonyl (C=O) groups excluding carboxylic acids is 1. The number of ether oxygens (including phenoxy) is 2. The van der Waals surface area contributed by atoms with Crippen molar-refractivity contribution in [3.63, 3.8) is 0 Å². The van der Waals surface area contributed by atoms with E-state index in [1.54, 1.807) is 4.90 Å². The fourth-order valence-electron chi connectivity index (χ4n) is 2.86. The van der Waals surface area contributed by atoms with Gasteiger partial charge in [-0.15, -0.1) is 0 Å². The van der Waals surface area contributed by atoms with Gasteiger partial charge in [-0.1, -0.05) is 6.92 Å². The number of aromatic nitrogens is 2. The number of hydrogen-bond donors (Lipinski definition) is 0. The van der Waals surface area contributed by atoms with Gasteiger partial charge in [0.1, 0.15) is 5.60 Å². The maximum atomic E-state index is 12.2. The molecule has 0 radical (unpaired) electrons. The molecule has 1 saturated heterocycles. The summed E-state index contributed by atoms with van der Waals surface area (Å²) in [5.74, 6) is 0. The summed E-state index contributed by atoms with van der Waals surface area (Å²) in [5, 5.41) is 4.34. The van der Waals surface area contributed by atoms with Gasteiger partial charge in [-0.2, -0.15) is 5.10 Å². The Morgan fingerprint density at radius 3 is 2.65 bits per heavy atom. The Labute approximate surface area is 138 Å². The second kappa shape index (κ2) is 6.51. The standard InChI is InChI=1S/C17H29N3O3/c1-7-17(22-11-14-10-13(2)18-19(14)6)8-9-20(12-17)15(21)23-16(3,4)5/h10H,7-9,11-12H2,1-6H3. The Morgan fingerprint density at radius 2 is 2.13 bits per heavy atom. The molecule has 6 nitrogen and oxygen atoms in total. The van der Waals surface area contributed by atoms with Crippen molar-refractivity contribution in [2.75, 3.05) is 13.1 Å². The molecule has 6 heteroatoms. The van der Waals surface area contributed by atoms with Gasteiger partial charge in [0, 0.05) is 13.6 Å². The smallest absolute Gasteiger partial charge is 0.410 e. The first kappa shape index (κ1) is 17.8. The molecular weight excluding hydrogens is 294 g/mol. The summed E-state index contributed by atoms with van der Waals surface area (Å²) in [4.78, 5) is 14.0. The van der Waals surface area contributed by atoms with Crippen molar-refractivity contribution in [3.8, 4) is 0 Å². The number of aryl methyl sites for hydroxylation is 2. The van der Waals surface area contributed by atoms with E-state index in [0.29, 0.717) is 19.7 Å². The lowest BCUT2D eigenvalue weighted by molar-refractivity contribution is -0.0548. The first-order valence-electron chi connectivity index (χ1n) is 8.25. The van der Waals surface area contributed by atoms with Crippen molar-refractivity contribution >= 4 is 6.09 Å². The van der Waals surface area contributed by atoms with Gasteiger partial charge < -0.3 is 14.4 Å². The van der Waals surface area contributed by atoms with Crippen molar-refractivity contribution in [3.05, 3.63) is 17.5 Å². The lowest BCUT2D eigenvalue weighted by atomic mass is 10.00. The highest BCUT2D eigenvalue weighted by Crippen LogP contribution is 2.31. The predicted octanol–water partition coefficient (Wildman–Crippen LogP) is 3.03. The lowest BCUT2D eigenvalue weighted by Crippen LogP contribution is -2.40. The molecule has 130 valence electrons. The molecule has 0 saturated carbocycles. The van der Waals surface area contributed by atoms with Gasteiger partial charge in [0.05, 0.1) is 30.1 Å². The largest absolute Gasteiger partial charge is 0.444 e. The van der Waals surface area contributed by atoms with Crippen molar-refractivity contribution in [1.29, 1.82) is 0 Å². The van der Waals surface area contributed by atoms with Crippen LogP contribution in [0, 0.1) is 6.92 Å². The van der Waals surface area contributed by atoms with Gasteiger partial charge >= 0.3 is 6.09 Å². The molecular formula is C17H29N3O3. The van der Waals surface area contributed by atoms with Gasteiger partial charge in [-0.3, -0.25) is 4.68 Å². The third kappa shape index (κ3) is 4.47. The highest BCUT2D eigenvalue weighted by atomic mass is 16.6. The molecule has 0 spiro atoms. The summed E-state index contributed by atoms with van der Waals surface area (Å²) in [7, 11) is 1.92. The van der Waals surface area contributed by atoms with E-state index in [9.17, 15) is 4.79 Å². The first-order chi connectivity index (χ1) is 10.6. The minimum Gasteiger partial charge on any atom is -0.444 e. The fraction of sp³-hybridized carbons (Fsp3) is 0.765. The third-order valence-corrected chi connectivity index (χ3v) is 4.24. The Hall–Kier alpha value is -1.56. The fourth-order valence-corrected chi connectivity index (χ4v) is 2.86. The number of rotatable bonds is 4. The molecule has 0 bridgehead atoms. The second-order valence-corrected chi connectivity index (χ2v) is 7.38. The van der Waals surface area contributed by atoms with Crippen molar-refractivity contribution in [2.45, 2.75) is 65.3 Å². The van der Waals surface area contributed by atoms with Gasteiger partial charge in [0.25, 0.3) is 0 Å². The molecule has 1 fully saturated rings. The average Bonchev–Trinajstić information content (AvgIpc) is 2.99. The van der Waals surface area contributed by atoms with Gasteiger partial charge in [0.15, 0.2) is 0 Å². The molecule has 2 heterocycles. The van der Waals surface area contributed by atoms with Crippen LogP contribution in [0.1, 0.15) is 51.9 Å². The maximum Gasteiger partial charge on any atom is 0.410 e. The van der Waals surface area contributed by atoms with E-state index >= 15 is 0 Å². The molecule has 1 aromatic heterocycles.